The lowest BCUT2D eigenvalue weighted by atomic mass is 9.90. The van der Waals surface area contributed by atoms with Crippen molar-refractivity contribution in [1.29, 1.82) is 0 Å². The molecule has 2 saturated heterocycles. The Bertz CT molecular complexity index is 1480. The second-order valence-corrected chi connectivity index (χ2v) is 9.20. The van der Waals surface area contributed by atoms with Crippen LogP contribution in [-0.2, 0) is 9.47 Å². The van der Waals surface area contributed by atoms with Gasteiger partial charge >= 0.3 is 0 Å². The highest BCUT2D eigenvalue weighted by Crippen LogP contribution is 2.42. The number of carboxylic acids is 1. The van der Waals surface area contributed by atoms with Crippen LogP contribution in [0.3, 0.4) is 0 Å². The van der Waals surface area contributed by atoms with E-state index in [4.69, 9.17) is 13.9 Å². The normalized spacial score (nSPS) is 18.1. The molecule has 0 bridgehead atoms. The van der Waals surface area contributed by atoms with Crippen LogP contribution in [0.4, 0.5) is 5.69 Å². The van der Waals surface area contributed by atoms with Crippen LogP contribution in [0, 0.1) is 0 Å². The van der Waals surface area contributed by atoms with E-state index < -0.39 is 5.97 Å². The molecule has 2 aromatic rings. The molecule has 3 heterocycles. The van der Waals surface area contributed by atoms with Gasteiger partial charge in [-0.25, -0.2) is 4.58 Å². The fourth-order valence-electron chi connectivity index (χ4n) is 5.03. The Morgan fingerprint density at radius 1 is 0.971 bits per heavy atom. The molecule has 35 heavy (non-hydrogen) atoms. The van der Waals surface area contributed by atoms with E-state index in [1.165, 1.54) is 0 Å². The van der Waals surface area contributed by atoms with Gasteiger partial charge in [-0.3, -0.25) is 0 Å². The molecular formula is C28H26N2O5. The van der Waals surface area contributed by atoms with Crippen molar-refractivity contribution in [3.8, 4) is 22.5 Å². The molecule has 0 radical (unpaired) electrons. The summed E-state index contributed by atoms with van der Waals surface area (Å²) in [6.07, 6.45) is 0.472. The third-order valence-corrected chi connectivity index (χ3v) is 7.20. The van der Waals surface area contributed by atoms with E-state index >= 15 is 0 Å². The summed E-state index contributed by atoms with van der Waals surface area (Å²) in [6.45, 7) is 3.32. The third kappa shape index (κ3) is 3.68. The minimum atomic E-state index is -1.20. The van der Waals surface area contributed by atoms with Gasteiger partial charge in [0, 0.05) is 67.2 Å². The first-order valence-corrected chi connectivity index (χ1v) is 11.8. The molecule has 7 heteroatoms. The summed E-state index contributed by atoms with van der Waals surface area (Å²) in [5, 5.41) is 13.9. The Labute approximate surface area is 202 Å². The maximum absolute atomic E-state index is 12.0. The van der Waals surface area contributed by atoms with E-state index in [9.17, 15) is 9.90 Å². The highest BCUT2D eigenvalue weighted by Gasteiger charge is 2.32. The number of anilines is 1. The topological polar surface area (TPSA) is 78.0 Å². The number of fused-ring (bicyclic) bond motifs is 2. The zero-order valence-corrected chi connectivity index (χ0v) is 19.7. The number of nitrogens with zero attached hydrogens (tertiary/aromatic N) is 2. The quantitative estimate of drug-likeness (QED) is 0.329. The number of hydrogen-bond donors (Lipinski definition) is 0. The number of carbonyl (C=O) groups excluding carboxylic acids is 1. The van der Waals surface area contributed by atoms with E-state index in [2.05, 4.69) is 21.6 Å². The first-order valence-electron chi connectivity index (χ1n) is 11.8. The van der Waals surface area contributed by atoms with Gasteiger partial charge in [-0.1, -0.05) is 24.3 Å². The molecule has 0 unspecified atom stereocenters. The van der Waals surface area contributed by atoms with Gasteiger partial charge in [0.15, 0.2) is 19.2 Å². The van der Waals surface area contributed by atoms with Crippen LogP contribution >= 0.6 is 0 Å². The summed E-state index contributed by atoms with van der Waals surface area (Å²) in [7, 11) is 3.46. The minimum Gasteiger partial charge on any atom is -0.545 e. The zero-order chi connectivity index (χ0) is 24.1. The van der Waals surface area contributed by atoms with Crippen LogP contribution in [0.15, 0.2) is 65.1 Å². The average Bonchev–Trinajstić information content (AvgIpc) is 2.81. The molecule has 3 aliphatic heterocycles. The van der Waals surface area contributed by atoms with Crippen molar-refractivity contribution < 1.29 is 23.8 Å². The Kier molecular flexibility index (Phi) is 5.31. The van der Waals surface area contributed by atoms with Gasteiger partial charge < -0.3 is 28.7 Å². The number of ether oxygens (including phenoxy) is 2. The second kappa shape index (κ2) is 8.52. The highest BCUT2D eigenvalue weighted by molar-refractivity contribution is 6.07. The Morgan fingerprint density at radius 2 is 1.74 bits per heavy atom. The minimum absolute atomic E-state index is 0.158. The number of methoxy groups -OCH3 is 2. The van der Waals surface area contributed by atoms with Crippen molar-refractivity contribution in [1.82, 2.24) is 4.58 Å². The van der Waals surface area contributed by atoms with Crippen LogP contribution in [0.5, 0.6) is 0 Å². The first-order chi connectivity index (χ1) is 17.1. The van der Waals surface area contributed by atoms with E-state index in [0.717, 1.165) is 53.7 Å². The summed E-state index contributed by atoms with van der Waals surface area (Å²) in [5.74, 6) is -0.497. The fraction of sp³-hybridized carbons (Fsp3) is 0.286. The molecule has 0 spiro atoms. The number of rotatable bonds is 5. The molecule has 178 valence electrons. The highest BCUT2D eigenvalue weighted by atomic mass is 16.5. The van der Waals surface area contributed by atoms with E-state index in [1.807, 2.05) is 36.4 Å². The monoisotopic (exact) mass is 470 g/mol. The molecule has 1 aliphatic carbocycles. The van der Waals surface area contributed by atoms with E-state index in [-0.39, 0.29) is 17.8 Å². The molecular weight excluding hydrogens is 444 g/mol. The Hall–Kier alpha value is -3.68. The number of benzene rings is 3. The largest absolute Gasteiger partial charge is 0.545 e. The molecule has 2 aromatic carbocycles. The van der Waals surface area contributed by atoms with Crippen LogP contribution < -0.4 is 19.9 Å². The lowest BCUT2D eigenvalue weighted by molar-refractivity contribution is -0.254. The summed E-state index contributed by atoms with van der Waals surface area (Å²) in [6, 6.07) is 19.2. The lowest BCUT2D eigenvalue weighted by Crippen LogP contribution is -2.53. The number of aromatic carboxylic acids is 1. The number of hydrogen-bond acceptors (Lipinski definition) is 6. The predicted octanol–water partition coefficient (Wildman–Crippen LogP) is 2.20. The van der Waals surface area contributed by atoms with Crippen molar-refractivity contribution >= 4 is 22.6 Å². The Balaban J connectivity index is 1.58. The average molecular weight is 471 g/mol. The molecule has 0 aromatic heterocycles. The predicted molar refractivity (Wildman–Crippen MR) is 131 cm³/mol. The van der Waals surface area contributed by atoms with Gasteiger partial charge in [-0.2, -0.15) is 0 Å². The van der Waals surface area contributed by atoms with Gasteiger partial charge in [0.2, 0.25) is 5.36 Å². The van der Waals surface area contributed by atoms with E-state index in [0.29, 0.717) is 16.9 Å². The smallest absolute Gasteiger partial charge is 0.203 e. The van der Waals surface area contributed by atoms with Gasteiger partial charge in [-0.05, 0) is 23.8 Å². The fourth-order valence-corrected chi connectivity index (χ4v) is 5.03. The van der Waals surface area contributed by atoms with Crippen LogP contribution in [0.25, 0.3) is 33.4 Å². The molecule has 0 atom stereocenters. The summed E-state index contributed by atoms with van der Waals surface area (Å²) in [5.41, 5.74) is 4.21. The lowest BCUT2D eigenvalue weighted by Gasteiger charge is -2.40. The molecule has 4 aliphatic rings. The Morgan fingerprint density at radius 3 is 2.49 bits per heavy atom. The van der Waals surface area contributed by atoms with Crippen LogP contribution in [0.2, 0.25) is 0 Å². The van der Waals surface area contributed by atoms with Gasteiger partial charge in [0.1, 0.15) is 11.3 Å². The molecule has 0 saturated carbocycles. The maximum atomic E-state index is 12.0. The number of carboxylic acid groups (broad SMARTS) is 1. The third-order valence-electron chi connectivity index (χ3n) is 7.20. The van der Waals surface area contributed by atoms with Gasteiger partial charge in [0.05, 0.1) is 18.1 Å². The van der Waals surface area contributed by atoms with Crippen LogP contribution in [-0.4, -0.2) is 58.6 Å². The molecule has 0 N–H and O–H groups in total. The standard InChI is InChI=1S/C28H26N2O5/c1-33-19-13-29(14-19)17-7-9-23-25(11-17)35-26-12-18(30-15-20(16-30)34-2)8-10-24(26)27(23)21-5-3-4-6-22(21)28(31)32/h3-12,19-20H,13-16H2,1-2H3. The SMILES string of the molecule is COC1CN(c2ccc3c(-c4ccccc4C(=O)[O-])c4ccc(=[N+]5CC(OC)C5)cc-4oc3c2)C1. The number of carbonyl (C=O) groups is 1. The second-order valence-electron chi connectivity index (χ2n) is 9.20. The maximum Gasteiger partial charge on any atom is 0.203 e. The van der Waals surface area contributed by atoms with Crippen molar-refractivity contribution in [2.75, 3.05) is 45.3 Å². The molecule has 7 nitrogen and oxygen atoms in total. The van der Waals surface area contributed by atoms with Gasteiger partial charge in [-0.15, -0.1) is 0 Å². The summed E-state index contributed by atoms with van der Waals surface area (Å²) in [4.78, 5) is 14.2. The van der Waals surface area contributed by atoms with Crippen molar-refractivity contribution in [3.63, 3.8) is 0 Å². The summed E-state index contributed by atoms with van der Waals surface area (Å²) >= 11 is 0. The van der Waals surface area contributed by atoms with E-state index in [1.54, 1.807) is 26.4 Å². The van der Waals surface area contributed by atoms with Crippen molar-refractivity contribution in [3.05, 3.63) is 71.6 Å². The van der Waals surface area contributed by atoms with Crippen molar-refractivity contribution in [2.24, 2.45) is 0 Å². The first kappa shape index (κ1) is 21.8. The molecule has 0 amide bonds. The van der Waals surface area contributed by atoms with Crippen molar-refractivity contribution in [2.45, 2.75) is 12.2 Å². The van der Waals surface area contributed by atoms with Crippen LogP contribution in [0.1, 0.15) is 10.4 Å². The molecule has 6 rings (SSSR count). The summed E-state index contributed by atoms with van der Waals surface area (Å²) < 4.78 is 19.5. The van der Waals surface area contributed by atoms with Gasteiger partial charge in [0.25, 0.3) is 0 Å². The molecule has 2 fully saturated rings. The zero-order valence-electron chi connectivity index (χ0n) is 19.7.